The summed E-state index contributed by atoms with van der Waals surface area (Å²) in [4.78, 5) is 0.211. The van der Waals surface area contributed by atoms with E-state index in [1.807, 2.05) is 0 Å². The van der Waals surface area contributed by atoms with E-state index in [2.05, 4.69) is 11.3 Å². The molecule has 4 heteroatoms. The Balaban J connectivity index is 5.02. The molecule has 0 heterocycles. The van der Waals surface area contributed by atoms with Crippen LogP contribution in [0.1, 0.15) is 6.92 Å². The van der Waals surface area contributed by atoms with Gasteiger partial charge < -0.3 is 0 Å². The Morgan fingerprint density at radius 3 is 2.42 bits per heavy atom. The van der Waals surface area contributed by atoms with Crippen LogP contribution in [0.4, 0.5) is 0 Å². The molecule has 1 N–H and O–H groups in total. The molecule has 0 saturated heterocycles. The normalized spacial score (nSPS) is 13.7. The molecule has 0 unspecified atom stereocenters. The molecule has 0 aromatic heterocycles. The molecule has 0 aliphatic carbocycles. The van der Waals surface area contributed by atoms with E-state index in [1.54, 1.807) is 13.0 Å². The van der Waals surface area contributed by atoms with Crippen LogP contribution in [0.3, 0.4) is 0 Å². The van der Waals surface area contributed by atoms with E-state index in [0.717, 1.165) is 0 Å². The van der Waals surface area contributed by atoms with Crippen molar-refractivity contribution >= 4 is 10.0 Å². The molecule has 0 aliphatic heterocycles. The first kappa shape index (κ1) is 11.1. The van der Waals surface area contributed by atoms with Crippen LogP contribution in [-0.4, -0.2) is 15.5 Å². The maximum Gasteiger partial charge on any atom is 0.240 e. The fraction of sp³-hybridized carbons (Fsp3) is 0.250. The van der Waals surface area contributed by atoms with Crippen molar-refractivity contribution in [2.45, 2.75) is 6.92 Å². The van der Waals surface area contributed by atoms with Gasteiger partial charge >= 0.3 is 0 Å². The van der Waals surface area contributed by atoms with Gasteiger partial charge in [-0.05, 0) is 26.1 Å². The minimum Gasteiger partial charge on any atom is -0.214 e. The maximum atomic E-state index is 11.2. The van der Waals surface area contributed by atoms with Gasteiger partial charge in [0.1, 0.15) is 0 Å². The Bertz CT molecular complexity index is 299. The summed E-state index contributed by atoms with van der Waals surface area (Å²) in [5, 5.41) is 0. The third kappa shape index (κ3) is 3.02. The van der Waals surface area contributed by atoms with Crippen molar-refractivity contribution in [2.75, 3.05) is 7.05 Å². The van der Waals surface area contributed by atoms with Crippen LogP contribution >= 0.6 is 0 Å². The van der Waals surface area contributed by atoms with Crippen molar-refractivity contribution < 1.29 is 8.42 Å². The van der Waals surface area contributed by atoms with E-state index in [4.69, 9.17) is 0 Å². The molecule has 0 aromatic carbocycles. The van der Waals surface area contributed by atoms with Crippen molar-refractivity contribution in [3.8, 4) is 0 Å². The first-order valence-electron chi connectivity index (χ1n) is 3.47. The molecule has 0 rings (SSSR count). The molecule has 0 saturated carbocycles. The molecule has 0 amide bonds. The van der Waals surface area contributed by atoms with Gasteiger partial charge in [0, 0.05) is 0 Å². The van der Waals surface area contributed by atoms with Crippen LogP contribution in [0.15, 0.2) is 35.8 Å². The van der Waals surface area contributed by atoms with Gasteiger partial charge in [-0.1, -0.05) is 18.7 Å². The predicted octanol–water partition coefficient (Wildman–Crippen LogP) is 1.18. The topological polar surface area (TPSA) is 46.2 Å². The summed E-state index contributed by atoms with van der Waals surface area (Å²) in [7, 11) is -1.96. The van der Waals surface area contributed by atoms with Crippen molar-refractivity contribution in [3.05, 3.63) is 35.8 Å². The highest BCUT2D eigenvalue weighted by molar-refractivity contribution is 7.93. The summed E-state index contributed by atoms with van der Waals surface area (Å²) in [5.41, 5.74) is 0. The molecule has 0 aliphatic rings. The van der Waals surface area contributed by atoms with Gasteiger partial charge in [-0.25, -0.2) is 13.1 Å². The summed E-state index contributed by atoms with van der Waals surface area (Å²) in [6, 6.07) is 0. The zero-order chi connectivity index (χ0) is 9.61. The number of nitrogens with one attached hydrogen (secondary N) is 1. The van der Waals surface area contributed by atoms with Crippen molar-refractivity contribution in [3.63, 3.8) is 0 Å². The van der Waals surface area contributed by atoms with Gasteiger partial charge in [0.2, 0.25) is 10.0 Å². The quantitative estimate of drug-likeness (QED) is 0.672. The molecule has 3 nitrogen and oxygen atoms in total. The summed E-state index contributed by atoms with van der Waals surface area (Å²) >= 11 is 0. The Morgan fingerprint density at radius 2 is 2.08 bits per heavy atom. The first-order chi connectivity index (χ1) is 5.58. The molecule has 0 spiro atoms. The van der Waals surface area contributed by atoms with E-state index < -0.39 is 10.0 Å². The molecule has 0 radical (unpaired) electrons. The largest absolute Gasteiger partial charge is 0.240 e. The second kappa shape index (κ2) is 4.90. The molecular formula is C8H13NO2S. The molecule has 0 aromatic rings. The van der Waals surface area contributed by atoms with E-state index in [1.165, 1.54) is 25.3 Å². The van der Waals surface area contributed by atoms with Crippen molar-refractivity contribution in [1.29, 1.82) is 0 Å². The molecule has 68 valence electrons. The Kier molecular flexibility index (Phi) is 4.54. The number of hydrogen-bond donors (Lipinski definition) is 1. The highest BCUT2D eigenvalue weighted by Crippen LogP contribution is 2.05. The van der Waals surface area contributed by atoms with Gasteiger partial charge in [0.25, 0.3) is 0 Å². The van der Waals surface area contributed by atoms with Gasteiger partial charge in [0.05, 0.1) is 4.91 Å². The van der Waals surface area contributed by atoms with Gasteiger partial charge in [-0.3, -0.25) is 0 Å². The highest BCUT2D eigenvalue weighted by Gasteiger charge is 2.09. The monoisotopic (exact) mass is 187 g/mol. The van der Waals surface area contributed by atoms with Gasteiger partial charge in [0.15, 0.2) is 0 Å². The Morgan fingerprint density at radius 1 is 1.50 bits per heavy atom. The second-order valence-corrected chi connectivity index (χ2v) is 3.90. The first-order valence-corrected chi connectivity index (χ1v) is 4.95. The SMILES string of the molecule is C=C/C=C(\C=C/C)S(=O)(=O)NC. The molecule has 0 bridgehead atoms. The third-order valence-corrected chi connectivity index (χ3v) is 2.62. The molecular weight excluding hydrogens is 174 g/mol. The minimum absolute atomic E-state index is 0.211. The average molecular weight is 187 g/mol. The van der Waals surface area contributed by atoms with Crippen LogP contribution in [0.2, 0.25) is 0 Å². The minimum atomic E-state index is -3.33. The number of sulfonamides is 1. The summed E-state index contributed by atoms with van der Waals surface area (Å²) < 4.78 is 24.6. The van der Waals surface area contributed by atoms with Crippen molar-refractivity contribution in [1.82, 2.24) is 4.72 Å². The molecule has 0 fully saturated rings. The lowest BCUT2D eigenvalue weighted by atomic mass is 10.4. The lowest BCUT2D eigenvalue weighted by Gasteiger charge is -2.00. The Labute approximate surface area is 73.5 Å². The summed E-state index contributed by atoms with van der Waals surface area (Å²) in [6.45, 7) is 5.18. The number of allylic oxidation sites excluding steroid dienone is 4. The molecule has 0 atom stereocenters. The van der Waals surface area contributed by atoms with Crippen LogP contribution in [0.5, 0.6) is 0 Å². The molecule has 12 heavy (non-hydrogen) atoms. The summed E-state index contributed by atoms with van der Waals surface area (Å²) in [5.74, 6) is 0. The lowest BCUT2D eigenvalue weighted by Crippen LogP contribution is -2.19. The highest BCUT2D eigenvalue weighted by atomic mass is 32.2. The zero-order valence-corrected chi connectivity index (χ0v) is 8.06. The van der Waals surface area contributed by atoms with Gasteiger partial charge in [-0.2, -0.15) is 0 Å². The number of hydrogen-bond acceptors (Lipinski definition) is 2. The predicted molar refractivity (Wildman–Crippen MR) is 51.1 cm³/mol. The third-order valence-electron chi connectivity index (χ3n) is 1.19. The van der Waals surface area contributed by atoms with Crippen LogP contribution < -0.4 is 4.72 Å². The Hall–Kier alpha value is -0.870. The fourth-order valence-corrected chi connectivity index (χ4v) is 1.46. The van der Waals surface area contributed by atoms with E-state index in [0.29, 0.717) is 0 Å². The van der Waals surface area contributed by atoms with Crippen molar-refractivity contribution in [2.24, 2.45) is 0 Å². The van der Waals surface area contributed by atoms with E-state index >= 15 is 0 Å². The lowest BCUT2D eigenvalue weighted by molar-refractivity contribution is 0.595. The maximum absolute atomic E-state index is 11.2. The smallest absolute Gasteiger partial charge is 0.214 e. The average Bonchev–Trinajstić information content (AvgIpc) is 2.04. The van der Waals surface area contributed by atoms with Crippen LogP contribution in [-0.2, 0) is 10.0 Å². The summed E-state index contributed by atoms with van der Waals surface area (Å²) in [6.07, 6.45) is 6.04. The number of rotatable bonds is 4. The van der Waals surface area contributed by atoms with E-state index in [9.17, 15) is 8.42 Å². The van der Waals surface area contributed by atoms with E-state index in [-0.39, 0.29) is 4.91 Å². The van der Waals surface area contributed by atoms with Crippen LogP contribution in [0.25, 0.3) is 0 Å². The van der Waals surface area contributed by atoms with Gasteiger partial charge in [-0.15, -0.1) is 0 Å². The second-order valence-electron chi connectivity index (χ2n) is 2.01. The standard InChI is InChI=1S/C8H13NO2S/c1-4-6-8(7-5-2)12(10,11)9-3/h4-7,9H,1H2,2-3H3/b7-5-,8-6+. The zero-order valence-electron chi connectivity index (χ0n) is 7.24. The fourth-order valence-electron chi connectivity index (χ4n) is 0.633. The van der Waals surface area contributed by atoms with Crippen LogP contribution in [0, 0.1) is 0 Å².